The fraction of sp³-hybridized carbons (Fsp3) is 0.600. The van der Waals surface area contributed by atoms with Gasteiger partial charge in [-0.2, -0.15) is 9.61 Å². The highest BCUT2D eigenvalue weighted by Crippen LogP contribution is 2.48. The molecule has 2 unspecified atom stereocenters. The van der Waals surface area contributed by atoms with Gasteiger partial charge < -0.3 is 15.3 Å². The van der Waals surface area contributed by atoms with Gasteiger partial charge in [0.05, 0.1) is 5.69 Å². The fourth-order valence-corrected chi connectivity index (χ4v) is 5.37. The number of rotatable bonds is 6. The minimum Gasteiger partial charge on any atom is -0.492 e. The van der Waals surface area contributed by atoms with E-state index in [0.29, 0.717) is 24.1 Å². The van der Waals surface area contributed by atoms with Crippen LogP contribution >= 0.6 is 0 Å². The zero-order valence-electron chi connectivity index (χ0n) is 20.6. The quantitative estimate of drug-likeness (QED) is 0.589. The van der Waals surface area contributed by atoms with Crippen LogP contribution in [0.2, 0.25) is 0 Å². The zero-order valence-corrected chi connectivity index (χ0v) is 20.6. The van der Waals surface area contributed by atoms with Gasteiger partial charge in [-0.3, -0.25) is 19.0 Å². The normalized spacial score (nSPS) is 23.2. The van der Waals surface area contributed by atoms with Gasteiger partial charge in [0, 0.05) is 49.2 Å². The second-order valence-electron chi connectivity index (χ2n) is 10.7. The number of amides is 2. The molecule has 194 valence electrons. The Hall–Kier alpha value is -3.24. The molecule has 0 spiro atoms. The fourth-order valence-electron chi connectivity index (χ4n) is 5.37. The lowest BCUT2D eigenvalue weighted by molar-refractivity contribution is -0.144. The highest BCUT2D eigenvalue weighted by Gasteiger charge is 2.56. The molecular weight excluding hydrogens is 472 g/mol. The third-order valence-electron chi connectivity index (χ3n) is 7.45. The number of aromatic hydroxyl groups is 1. The Morgan fingerprint density at radius 3 is 2.42 bits per heavy atom. The number of nitrogens with one attached hydrogen (secondary N) is 1. The van der Waals surface area contributed by atoms with E-state index in [1.54, 1.807) is 6.92 Å². The van der Waals surface area contributed by atoms with E-state index in [0.717, 1.165) is 17.4 Å². The van der Waals surface area contributed by atoms with Crippen LogP contribution in [0.5, 0.6) is 5.88 Å². The molecule has 11 heteroatoms. The minimum atomic E-state index is -2.73. The second-order valence-corrected chi connectivity index (χ2v) is 10.7. The van der Waals surface area contributed by atoms with Gasteiger partial charge in [-0.05, 0) is 44.6 Å². The molecule has 3 aliphatic rings. The molecule has 2 atom stereocenters. The highest BCUT2D eigenvalue weighted by atomic mass is 19.3. The van der Waals surface area contributed by atoms with Crippen LogP contribution in [0, 0.1) is 24.7 Å². The Balaban J connectivity index is 1.52. The van der Waals surface area contributed by atoms with E-state index < -0.39 is 35.1 Å². The number of halogens is 2. The van der Waals surface area contributed by atoms with Crippen molar-refractivity contribution < 1.29 is 23.5 Å². The first-order valence-corrected chi connectivity index (χ1v) is 12.5. The predicted molar refractivity (Wildman–Crippen MR) is 128 cm³/mol. The van der Waals surface area contributed by atoms with E-state index in [2.05, 4.69) is 10.4 Å². The zero-order chi connectivity index (χ0) is 25.9. The molecule has 9 nitrogen and oxygen atoms in total. The number of likely N-dealkylation sites (tertiary alicyclic amines) is 1. The smallest absolute Gasteiger partial charge is 0.270 e. The molecule has 36 heavy (non-hydrogen) atoms. The van der Waals surface area contributed by atoms with Gasteiger partial charge in [-0.15, -0.1) is 0 Å². The summed E-state index contributed by atoms with van der Waals surface area (Å²) in [7, 11) is 0. The van der Waals surface area contributed by atoms with Gasteiger partial charge >= 0.3 is 0 Å². The Kier molecular flexibility index (Phi) is 5.91. The summed E-state index contributed by atoms with van der Waals surface area (Å²) in [5, 5.41) is 18.0. The molecular formula is C25H31F2N5O4. The van der Waals surface area contributed by atoms with Gasteiger partial charge in [-0.1, -0.05) is 13.8 Å². The van der Waals surface area contributed by atoms with Crippen LogP contribution in [0.4, 0.5) is 8.78 Å². The van der Waals surface area contributed by atoms with Gasteiger partial charge in [0.15, 0.2) is 5.56 Å². The summed E-state index contributed by atoms with van der Waals surface area (Å²) >= 11 is 0. The van der Waals surface area contributed by atoms with Crippen molar-refractivity contribution in [3.05, 3.63) is 33.3 Å². The number of carbonyl (C=O) groups is 2. The van der Waals surface area contributed by atoms with Crippen LogP contribution in [0.3, 0.4) is 0 Å². The number of hydrogen-bond acceptors (Lipinski definition) is 5. The summed E-state index contributed by atoms with van der Waals surface area (Å²) in [5.41, 5.74) is 0.143. The third-order valence-corrected chi connectivity index (χ3v) is 7.45. The van der Waals surface area contributed by atoms with Crippen molar-refractivity contribution in [2.24, 2.45) is 17.8 Å². The number of aryl methyl sites for hydroxylation is 1. The first-order valence-electron chi connectivity index (χ1n) is 12.5. The summed E-state index contributed by atoms with van der Waals surface area (Å²) in [6, 6.07) is -0.000570. The van der Waals surface area contributed by atoms with Gasteiger partial charge in [0.2, 0.25) is 11.8 Å². The average Bonchev–Trinajstić information content (AvgIpc) is 3.54. The molecule has 0 radical (unpaired) electrons. The van der Waals surface area contributed by atoms with E-state index >= 15 is 0 Å². The third kappa shape index (κ3) is 4.08. The molecule has 2 bridgehead atoms. The second kappa shape index (κ2) is 8.70. The van der Waals surface area contributed by atoms with Crippen LogP contribution < -0.4 is 10.9 Å². The van der Waals surface area contributed by atoms with Gasteiger partial charge in [-0.25, -0.2) is 8.78 Å². The number of nitrogens with zero attached hydrogens (tertiary/aromatic N) is 4. The lowest BCUT2D eigenvalue weighted by Gasteiger charge is -2.37. The lowest BCUT2D eigenvalue weighted by Crippen LogP contribution is -2.50. The van der Waals surface area contributed by atoms with Crippen molar-refractivity contribution in [2.45, 2.75) is 65.0 Å². The number of piperidine rings is 1. The Morgan fingerprint density at radius 2 is 1.83 bits per heavy atom. The molecule has 2 aliphatic carbocycles. The summed E-state index contributed by atoms with van der Waals surface area (Å²) in [5.74, 6) is -5.92. The molecule has 3 fully saturated rings. The molecule has 0 aromatic carbocycles. The Bertz CT molecular complexity index is 1310. The highest BCUT2D eigenvalue weighted by molar-refractivity contribution is 5.97. The first kappa shape index (κ1) is 24.5. The van der Waals surface area contributed by atoms with Crippen molar-refractivity contribution in [3.8, 4) is 5.88 Å². The van der Waals surface area contributed by atoms with Crippen LogP contribution in [0.15, 0.2) is 10.9 Å². The Labute approximate surface area is 206 Å². The standard InChI is InChI=1S/C25H31F2N5O4/c1-13(2)10-31-22-18(8-9-19(33)30-11-15-4-5-16(12-30)25(15,26)27)14(3)29-32(22)24(36)20(23(31)35)21(34)28-17-6-7-17/h8-9,13,15-17,36H,4-7,10-12H2,1-3H3,(H,28,34). The van der Waals surface area contributed by atoms with E-state index in [1.807, 2.05) is 13.8 Å². The molecule has 5 rings (SSSR count). The van der Waals surface area contributed by atoms with Crippen LogP contribution in [-0.4, -0.2) is 61.1 Å². The maximum atomic E-state index is 14.3. The van der Waals surface area contributed by atoms with Gasteiger partial charge in [0.25, 0.3) is 17.4 Å². The molecule has 2 amide bonds. The van der Waals surface area contributed by atoms with E-state index in [9.17, 15) is 28.3 Å². The molecule has 1 aliphatic heterocycles. The van der Waals surface area contributed by atoms with E-state index in [-0.39, 0.29) is 48.7 Å². The van der Waals surface area contributed by atoms with Crippen molar-refractivity contribution >= 4 is 23.5 Å². The van der Waals surface area contributed by atoms with E-state index in [4.69, 9.17) is 0 Å². The lowest BCUT2D eigenvalue weighted by atomic mass is 9.94. The van der Waals surface area contributed by atoms with Crippen molar-refractivity contribution in [1.29, 1.82) is 0 Å². The first-order chi connectivity index (χ1) is 17.0. The summed E-state index contributed by atoms with van der Waals surface area (Å²) in [4.78, 5) is 40.5. The summed E-state index contributed by atoms with van der Waals surface area (Å²) in [6.45, 7) is 5.80. The average molecular weight is 504 g/mol. The van der Waals surface area contributed by atoms with Crippen molar-refractivity contribution in [1.82, 2.24) is 24.4 Å². The number of alkyl halides is 2. The largest absolute Gasteiger partial charge is 0.492 e. The predicted octanol–water partition coefficient (Wildman–Crippen LogP) is 2.58. The van der Waals surface area contributed by atoms with E-state index in [1.165, 1.54) is 21.6 Å². The Morgan fingerprint density at radius 1 is 1.19 bits per heavy atom. The topological polar surface area (TPSA) is 109 Å². The van der Waals surface area contributed by atoms with Crippen LogP contribution in [0.1, 0.15) is 61.1 Å². The monoisotopic (exact) mass is 503 g/mol. The number of fused-ring (bicyclic) bond motifs is 3. The number of hydrogen-bond donors (Lipinski definition) is 2. The number of carbonyl (C=O) groups excluding carboxylic acids is 2. The maximum absolute atomic E-state index is 14.3. The molecule has 2 saturated carbocycles. The van der Waals surface area contributed by atoms with Gasteiger partial charge in [0.1, 0.15) is 5.65 Å². The molecule has 2 aromatic heterocycles. The maximum Gasteiger partial charge on any atom is 0.270 e. The van der Waals surface area contributed by atoms with Crippen molar-refractivity contribution in [2.75, 3.05) is 13.1 Å². The van der Waals surface area contributed by atoms with Crippen LogP contribution in [0.25, 0.3) is 11.7 Å². The van der Waals surface area contributed by atoms with Crippen LogP contribution in [-0.2, 0) is 11.3 Å². The minimum absolute atomic E-state index is 0.000570. The van der Waals surface area contributed by atoms with Crippen molar-refractivity contribution in [3.63, 3.8) is 0 Å². The molecule has 1 saturated heterocycles. The molecule has 2 aromatic rings. The summed E-state index contributed by atoms with van der Waals surface area (Å²) < 4.78 is 31.1. The number of aromatic nitrogens is 3. The SMILES string of the molecule is Cc1nn2c(O)c(C(=O)NC3CC3)c(=O)n(CC(C)C)c2c1C=CC(=O)N1CC2CCC(C1)C2(F)F. The summed E-state index contributed by atoms with van der Waals surface area (Å²) in [6.07, 6.45) is 5.30. The molecule has 3 heterocycles. The molecule has 2 N–H and O–H groups in total.